The first kappa shape index (κ1) is 15.0. The number of aromatic amines is 1. The zero-order valence-corrected chi connectivity index (χ0v) is 12.0. The number of hydrogen-bond donors (Lipinski definition) is 5. The summed E-state index contributed by atoms with van der Waals surface area (Å²) in [5.74, 6) is 1.00. The number of fused-ring (bicyclic) bond motifs is 1. The molecule has 0 aliphatic carbocycles. The van der Waals surface area contributed by atoms with Gasteiger partial charge in [-0.3, -0.25) is 14.3 Å². The van der Waals surface area contributed by atoms with Gasteiger partial charge in [0.2, 0.25) is 17.8 Å². The third-order valence-electron chi connectivity index (χ3n) is 3.64. The normalized spacial score (nSPS) is 25.4. The number of nitrogen functional groups attached to an aromatic ring is 1. The van der Waals surface area contributed by atoms with Crippen LogP contribution in [0.3, 0.4) is 0 Å². The van der Waals surface area contributed by atoms with Crippen molar-refractivity contribution >= 4 is 17.0 Å². The van der Waals surface area contributed by atoms with Crippen molar-refractivity contribution in [3.05, 3.63) is 34.1 Å². The monoisotopic (exact) mass is 318 g/mol. The number of terminal acetylenes is 1. The van der Waals surface area contributed by atoms with E-state index in [1.807, 2.05) is 0 Å². The smallest absolute Gasteiger partial charge is 0.261 e. The molecule has 6 N–H and O–H groups in total. The van der Waals surface area contributed by atoms with Crippen molar-refractivity contribution in [2.75, 3.05) is 5.73 Å². The van der Waals surface area contributed by atoms with Crippen LogP contribution in [-0.2, 0) is 4.74 Å². The lowest BCUT2D eigenvalue weighted by molar-refractivity contribution is -0.0549. The van der Waals surface area contributed by atoms with Gasteiger partial charge < -0.3 is 25.8 Å². The van der Waals surface area contributed by atoms with Gasteiger partial charge in [-0.2, -0.15) is 4.98 Å². The Hall–Kier alpha value is -2.96. The highest BCUT2D eigenvalue weighted by atomic mass is 16.6. The molecule has 0 saturated carbocycles. The maximum Gasteiger partial charge on any atom is 0.261 e. The van der Waals surface area contributed by atoms with Crippen LogP contribution in [0.15, 0.2) is 28.6 Å². The first-order valence-electron chi connectivity index (χ1n) is 6.64. The topological polar surface area (TPSA) is 147 Å². The van der Waals surface area contributed by atoms with Gasteiger partial charge in [-0.15, -0.1) is 6.42 Å². The summed E-state index contributed by atoms with van der Waals surface area (Å²) in [5.41, 5.74) is 2.95. The molecule has 0 spiro atoms. The molecular weight excluding hydrogens is 304 g/mol. The molecule has 0 aromatic carbocycles. The number of ether oxygens (including phenoxy) is 1. The van der Waals surface area contributed by atoms with Crippen molar-refractivity contribution in [2.45, 2.75) is 24.9 Å². The molecule has 1 aliphatic heterocycles. The number of aliphatic hydroxyl groups is 3. The third kappa shape index (κ3) is 1.97. The molecule has 1 aliphatic rings. The molecule has 9 heteroatoms. The Kier molecular flexibility index (Phi) is 3.10. The lowest BCUT2D eigenvalue weighted by Gasteiger charge is -2.25. The molecule has 3 rings (SSSR count). The SMILES string of the molecule is C#CC1(O)C(O)=C([C@@H](C)O)O[C@H]1n1ccc2c(=O)[nH]c(N)nc21. The highest BCUT2D eigenvalue weighted by Crippen LogP contribution is 2.42. The van der Waals surface area contributed by atoms with Crippen molar-refractivity contribution in [3.63, 3.8) is 0 Å². The quantitative estimate of drug-likeness (QED) is 0.462. The van der Waals surface area contributed by atoms with Crippen LogP contribution in [0.5, 0.6) is 0 Å². The van der Waals surface area contributed by atoms with E-state index in [4.69, 9.17) is 16.9 Å². The van der Waals surface area contributed by atoms with Gasteiger partial charge in [-0.05, 0) is 13.0 Å². The van der Waals surface area contributed by atoms with Gasteiger partial charge in [0.1, 0.15) is 6.10 Å². The molecule has 1 unspecified atom stereocenters. The number of nitrogens with zero attached hydrogens (tertiary/aromatic N) is 2. The van der Waals surface area contributed by atoms with E-state index in [9.17, 15) is 20.1 Å². The second kappa shape index (κ2) is 4.77. The summed E-state index contributed by atoms with van der Waals surface area (Å²) >= 11 is 0. The van der Waals surface area contributed by atoms with Gasteiger partial charge >= 0.3 is 0 Å². The second-order valence-electron chi connectivity index (χ2n) is 5.18. The standard InChI is InChI=1S/C14H14N4O5/c1-3-14(22)9(20)8(6(2)19)23-12(14)18-5-4-7-10(18)16-13(15)17-11(7)21/h1,4-6,12,19-20,22H,2H3,(H3,15,16,17,21)/t6-,12-,14?/m1/s1. The van der Waals surface area contributed by atoms with E-state index in [1.165, 1.54) is 23.8 Å². The van der Waals surface area contributed by atoms with E-state index in [2.05, 4.69) is 15.9 Å². The molecule has 23 heavy (non-hydrogen) atoms. The van der Waals surface area contributed by atoms with E-state index in [1.54, 1.807) is 0 Å². The van der Waals surface area contributed by atoms with E-state index < -0.39 is 29.3 Å². The summed E-state index contributed by atoms with van der Waals surface area (Å²) in [6.07, 6.45) is 4.25. The van der Waals surface area contributed by atoms with Crippen LogP contribution in [0.4, 0.5) is 5.95 Å². The van der Waals surface area contributed by atoms with Crippen LogP contribution < -0.4 is 11.3 Å². The minimum atomic E-state index is -2.22. The van der Waals surface area contributed by atoms with Crippen molar-refractivity contribution in [1.29, 1.82) is 0 Å². The van der Waals surface area contributed by atoms with E-state index >= 15 is 0 Å². The van der Waals surface area contributed by atoms with Crippen molar-refractivity contribution in [2.24, 2.45) is 0 Å². The fourth-order valence-corrected chi connectivity index (χ4v) is 2.51. The van der Waals surface area contributed by atoms with E-state index in [0.29, 0.717) is 0 Å². The third-order valence-corrected chi connectivity index (χ3v) is 3.64. The maximum absolute atomic E-state index is 11.9. The minimum Gasteiger partial charge on any atom is -0.505 e. The van der Waals surface area contributed by atoms with Crippen molar-refractivity contribution in [1.82, 2.24) is 14.5 Å². The molecule has 3 atom stereocenters. The Morgan fingerprint density at radius 2 is 2.35 bits per heavy atom. The highest BCUT2D eigenvalue weighted by molar-refractivity contribution is 5.76. The maximum atomic E-state index is 11.9. The molecule has 120 valence electrons. The molecule has 2 aromatic heterocycles. The number of H-pyrrole nitrogens is 1. The molecule has 0 fully saturated rings. The minimum absolute atomic E-state index is 0.115. The van der Waals surface area contributed by atoms with Crippen molar-refractivity contribution < 1.29 is 20.1 Å². The Balaban J connectivity index is 2.21. The predicted octanol–water partition coefficient (Wildman–Crippen LogP) is -0.650. The summed E-state index contributed by atoms with van der Waals surface area (Å²) in [4.78, 5) is 18.2. The number of anilines is 1. The van der Waals surface area contributed by atoms with Crippen LogP contribution in [0.1, 0.15) is 13.2 Å². The zero-order chi connectivity index (χ0) is 16.9. The molecular formula is C14H14N4O5. The summed E-state index contributed by atoms with van der Waals surface area (Å²) in [7, 11) is 0. The molecule has 0 bridgehead atoms. The second-order valence-corrected chi connectivity index (χ2v) is 5.18. The molecule has 3 heterocycles. The number of aromatic nitrogens is 3. The first-order chi connectivity index (χ1) is 10.8. The number of aliphatic hydroxyl groups excluding tert-OH is 2. The van der Waals surface area contributed by atoms with Crippen LogP contribution in [-0.4, -0.2) is 41.6 Å². The van der Waals surface area contributed by atoms with Gasteiger partial charge in [-0.1, -0.05) is 5.92 Å². The lowest BCUT2D eigenvalue weighted by Crippen LogP contribution is -2.37. The molecule has 0 amide bonds. The molecule has 0 saturated heterocycles. The fourth-order valence-electron chi connectivity index (χ4n) is 2.51. The Morgan fingerprint density at radius 3 is 2.96 bits per heavy atom. The van der Waals surface area contributed by atoms with Gasteiger partial charge in [-0.25, -0.2) is 0 Å². The van der Waals surface area contributed by atoms with Crippen molar-refractivity contribution in [3.8, 4) is 12.3 Å². The summed E-state index contributed by atoms with van der Waals surface area (Å²) in [6, 6.07) is 1.44. The predicted molar refractivity (Wildman–Crippen MR) is 80.0 cm³/mol. The van der Waals surface area contributed by atoms with Gasteiger partial charge in [0.05, 0.1) is 5.39 Å². The van der Waals surface area contributed by atoms with Crippen LogP contribution in [0, 0.1) is 12.3 Å². The van der Waals surface area contributed by atoms with E-state index in [0.717, 1.165) is 0 Å². The van der Waals surface area contributed by atoms with Crippen LogP contribution in [0.2, 0.25) is 0 Å². The largest absolute Gasteiger partial charge is 0.505 e. The van der Waals surface area contributed by atoms with Gasteiger partial charge in [0.15, 0.2) is 17.2 Å². The summed E-state index contributed by atoms with van der Waals surface area (Å²) in [6.45, 7) is 1.35. The lowest BCUT2D eigenvalue weighted by atomic mass is 10.0. The molecule has 0 radical (unpaired) electrons. The molecule has 9 nitrogen and oxygen atoms in total. The number of rotatable bonds is 2. The van der Waals surface area contributed by atoms with Gasteiger partial charge in [0.25, 0.3) is 5.56 Å². The first-order valence-corrected chi connectivity index (χ1v) is 6.64. The van der Waals surface area contributed by atoms with Crippen LogP contribution in [0.25, 0.3) is 11.0 Å². The summed E-state index contributed by atoms with van der Waals surface area (Å²) in [5, 5.41) is 30.5. The summed E-state index contributed by atoms with van der Waals surface area (Å²) < 4.78 is 6.70. The number of nitrogens with one attached hydrogen (secondary N) is 1. The number of hydrogen-bond acceptors (Lipinski definition) is 7. The Labute approximate surface area is 129 Å². The Bertz CT molecular complexity index is 919. The highest BCUT2D eigenvalue weighted by Gasteiger charge is 2.52. The van der Waals surface area contributed by atoms with E-state index in [-0.39, 0.29) is 22.7 Å². The zero-order valence-electron chi connectivity index (χ0n) is 12.0. The Morgan fingerprint density at radius 1 is 1.65 bits per heavy atom. The fraction of sp³-hybridized carbons (Fsp3) is 0.286. The van der Waals surface area contributed by atoms with Crippen LogP contribution >= 0.6 is 0 Å². The average molecular weight is 318 g/mol. The van der Waals surface area contributed by atoms with Gasteiger partial charge in [0, 0.05) is 6.20 Å². The average Bonchev–Trinajstić information content (AvgIpc) is 3.00. The number of nitrogens with two attached hydrogens (primary N) is 1. The molecule has 2 aromatic rings.